The van der Waals surface area contributed by atoms with E-state index in [0.717, 1.165) is 31.7 Å². The fourth-order valence-corrected chi connectivity index (χ4v) is 3.96. The quantitative estimate of drug-likeness (QED) is 0.823. The molecule has 1 fully saturated rings. The standard InChI is InChI=1S/C18H25N5O3/c1-21-12-19-14-11-23(18(24)16-9-17(25-2)20-26-16)13(8-15(14)21)10-22-6-4-3-5-7-22/h9,12-13H,3-8,10-11H2,1-2H3/t13-/m0/s1. The Labute approximate surface area is 152 Å². The molecule has 0 aliphatic carbocycles. The van der Waals surface area contributed by atoms with Crippen LogP contribution in [0, 0.1) is 0 Å². The van der Waals surface area contributed by atoms with Crippen molar-refractivity contribution in [3.63, 3.8) is 0 Å². The van der Waals surface area contributed by atoms with Crippen LogP contribution in [0.1, 0.15) is 41.2 Å². The Morgan fingerprint density at radius 1 is 1.35 bits per heavy atom. The summed E-state index contributed by atoms with van der Waals surface area (Å²) >= 11 is 0. The van der Waals surface area contributed by atoms with Gasteiger partial charge in [0.25, 0.3) is 11.8 Å². The molecule has 2 aliphatic heterocycles. The minimum atomic E-state index is -0.154. The molecule has 2 aromatic rings. The number of aryl methyl sites for hydroxylation is 1. The first-order valence-electron chi connectivity index (χ1n) is 9.19. The van der Waals surface area contributed by atoms with Crippen LogP contribution in [-0.2, 0) is 20.0 Å². The average Bonchev–Trinajstić information content (AvgIpc) is 3.29. The van der Waals surface area contributed by atoms with Gasteiger partial charge < -0.3 is 23.6 Å². The van der Waals surface area contributed by atoms with Crippen LogP contribution in [-0.4, -0.2) is 63.2 Å². The van der Waals surface area contributed by atoms with Crippen molar-refractivity contribution in [2.45, 2.75) is 38.3 Å². The van der Waals surface area contributed by atoms with E-state index in [1.807, 2.05) is 18.3 Å². The lowest BCUT2D eigenvalue weighted by Crippen LogP contribution is -2.51. The number of fused-ring (bicyclic) bond motifs is 1. The summed E-state index contributed by atoms with van der Waals surface area (Å²) in [6, 6.07) is 1.65. The number of carbonyl (C=O) groups excluding carboxylic acids is 1. The highest BCUT2D eigenvalue weighted by atomic mass is 16.5. The summed E-state index contributed by atoms with van der Waals surface area (Å²) in [5.74, 6) is 0.375. The maximum absolute atomic E-state index is 13.1. The van der Waals surface area contributed by atoms with E-state index in [2.05, 4.69) is 19.6 Å². The van der Waals surface area contributed by atoms with Crippen molar-refractivity contribution < 1.29 is 14.1 Å². The summed E-state index contributed by atoms with van der Waals surface area (Å²) in [7, 11) is 3.52. The number of rotatable bonds is 4. The van der Waals surface area contributed by atoms with Gasteiger partial charge in [0.05, 0.1) is 37.8 Å². The van der Waals surface area contributed by atoms with Crippen LogP contribution in [0.25, 0.3) is 0 Å². The first-order valence-corrected chi connectivity index (χ1v) is 9.19. The van der Waals surface area contributed by atoms with Gasteiger partial charge in [-0.15, -0.1) is 0 Å². The van der Waals surface area contributed by atoms with Crippen LogP contribution in [0.15, 0.2) is 16.9 Å². The molecule has 1 saturated heterocycles. The smallest absolute Gasteiger partial charge is 0.293 e. The van der Waals surface area contributed by atoms with Gasteiger partial charge in [-0.1, -0.05) is 6.42 Å². The Hall–Kier alpha value is -2.35. The number of imidazole rings is 1. The molecule has 1 atom stereocenters. The molecule has 0 aromatic carbocycles. The van der Waals surface area contributed by atoms with E-state index in [9.17, 15) is 4.79 Å². The number of aromatic nitrogens is 3. The van der Waals surface area contributed by atoms with Gasteiger partial charge in [0, 0.05) is 25.7 Å². The Bertz CT molecular complexity index is 778. The third-order valence-electron chi connectivity index (χ3n) is 5.42. The van der Waals surface area contributed by atoms with Gasteiger partial charge in [-0.2, -0.15) is 0 Å². The molecule has 0 spiro atoms. The third kappa shape index (κ3) is 3.21. The molecule has 0 unspecified atom stereocenters. The van der Waals surface area contributed by atoms with Crippen molar-refractivity contribution in [3.05, 3.63) is 29.5 Å². The summed E-state index contributed by atoms with van der Waals surface area (Å²) in [5.41, 5.74) is 2.17. The van der Waals surface area contributed by atoms with Crippen molar-refractivity contribution >= 4 is 5.91 Å². The van der Waals surface area contributed by atoms with Crippen LogP contribution in [0.3, 0.4) is 0 Å². The predicted molar refractivity (Wildman–Crippen MR) is 93.9 cm³/mol. The van der Waals surface area contributed by atoms with Gasteiger partial charge in [0.1, 0.15) is 0 Å². The topological polar surface area (TPSA) is 76.6 Å². The number of piperidine rings is 1. The van der Waals surface area contributed by atoms with Gasteiger partial charge >= 0.3 is 0 Å². The van der Waals surface area contributed by atoms with Crippen LogP contribution >= 0.6 is 0 Å². The van der Waals surface area contributed by atoms with Crippen LogP contribution in [0.5, 0.6) is 5.88 Å². The van der Waals surface area contributed by atoms with Crippen molar-refractivity contribution in [1.82, 2.24) is 24.5 Å². The van der Waals surface area contributed by atoms with Gasteiger partial charge in [-0.25, -0.2) is 4.98 Å². The monoisotopic (exact) mass is 359 g/mol. The van der Waals surface area contributed by atoms with Crippen LogP contribution < -0.4 is 4.74 Å². The fourth-order valence-electron chi connectivity index (χ4n) is 3.96. The lowest BCUT2D eigenvalue weighted by atomic mass is 10.00. The zero-order valence-corrected chi connectivity index (χ0v) is 15.3. The van der Waals surface area contributed by atoms with E-state index in [-0.39, 0.29) is 17.7 Å². The SMILES string of the molecule is COc1cc(C(=O)N2Cc3ncn(C)c3C[C@H]2CN2CCCCC2)on1. The van der Waals surface area contributed by atoms with Gasteiger partial charge in [-0.3, -0.25) is 4.79 Å². The second-order valence-electron chi connectivity index (χ2n) is 7.13. The summed E-state index contributed by atoms with van der Waals surface area (Å²) in [6.45, 7) is 3.58. The van der Waals surface area contributed by atoms with E-state index in [4.69, 9.17) is 9.26 Å². The van der Waals surface area contributed by atoms with Gasteiger partial charge in [0.15, 0.2) is 0 Å². The van der Waals surface area contributed by atoms with E-state index < -0.39 is 0 Å². The highest BCUT2D eigenvalue weighted by molar-refractivity contribution is 5.92. The molecule has 140 valence electrons. The van der Waals surface area contributed by atoms with Crippen molar-refractivity contribution in [1.29, 1.82) is 0 Å². The molecule has 4 rings (SSSR count). The summed E-state index contributed by atoms with van der Waals surface area (Å²) in [5, 5.41) is 3.76. The zero-order chi connectivity index (χ0) is 18.1. The van der Waals surface area contributed by atoms with E-state index in [1.54, 1.807) is 6.07 Å². The second-order valence-corrected chi connectivity index (χ2v) is 7.13. The molecule has 1 amide bonds. The molecule has 0 N–H and O–H groups in total. The summed E-state index contributed by atoms with van der Waals surface area (Å²) in [6.07, 6.45) is 6.40. The van der Waals surface area contributed by atoms with E-state index in [0.29, 0.717) is 12.4 Å². The predicted octanol–water partition coefficient (Wildman–Crippen LogP) is 1.47. The average molecular weight is 359 g/mol. The first kappa shape index (κ1) is 17.1. The minimum Gasteiger partial charge on any atom is -0.479 e. The maximum Gasteiger partial charge on any atom is 0.293 e. The number of carbonyl (C=O) groups is 1. The van der Waals surface area contributed by atoms with Gasteiger partial charge in [0.2, 0.25) is 5.76 Å². The molecular formula is C18H25N5O3. The Morgan fingerprint density at radius 3 is 2.88 bits per heavy atom. The van der Waals surface area contributed by atoms with Gasteiger partial charge in [-0.05, 0) is 31.1 Å². The minimum absolute atomic E-state index is 0.0968. The molecular weight excluding hydrogens is 334 g/mol. The molecule has 0 bridgehead atoms. The number of likely N-dealkylation sites (tertiary alicyclic amines) is 1. The highest BCUT2D eigenvalue weighted by Gasteiger charge is 2.35. The molecule has 4 heterocycles. The summed E-state index contributed by atoms with van der Waals surface area (Å²) in [4.78, 5) is 21.9. The second kappa shape index (κ2) is 7.11. The van der Waals surface area contributed by atoms with Crippen molar-refractivity contribution in [2.24, 2.45) is 7.05 Å². The number of nitrogens with zero attached hydrogens (tertiary/aromatic N) is 5. The molecule has 8 heteroatoms. The molecule has 0 saturated carbocycles. The highest BCUT2D eigenvalue weighted by Crippen LogP contribution is 2.26. The third-order valence-corrected chi connectivity index (χ3v) is 5.42. The summed E-state index contributed by atoms with van der Waals surface area (Å²) < 4.78 is 12.3. The molecule has 26 heavy (non-hydrogen) atoms. The number of hydrogen-bond acceptors (Lipinski definition) is 6. The maximum atomic E-state index is 13.1. The molecule has 8 nitrogen and oxygen atoms in total. The van der Waals surface area contributed by atoms with Crippen LogP contribution in [0.4, 0.5) is 0 Å². The van der Waals surface area contributed by atoms with Crippen molar-refractivity contribution in [2.75, 3.05) is 26.7 Å². The Balaban J connectivity index is 1.58. The molecule has 0 radical (unpaired) electrons. The molecule has 2 aromatic heterocycles. The number of hydrogen-bond donors (Lipinski definition) is 0. The number of amides is 1. The largest absolute Gasteiger partial charge is 0.479 e. The van der Waals surface area contributed by atoms with Crippen LogP contribution in [0.2, 0.25) is 0 Å². The Kier molecular flexibility index (Phi) is 4.67. The van der Waals surface area contributed by atoms with Crippen molar-refractivity contribution in [3.8, 4) is 5.88 Å². The first-order chi connectivity index (χ1) is 12.7. The fraction of sp³-hybridized carbons (Fsp3) is 0.611. The normalized spacial score (nSPS) is 20.8. The number of ether oxygens (including phenoxy) is 1. The van der Waals surface area contributed by atoms with E-state index in [1.165, 1.54) is 32.1 Å². The molecule has 2 aliphatic rings. The van der Waals surface area contributed by atoms with E-state index >= 15 is 0 Å². The number of methoxy groups -OCH3 is 1. The Morgan fingerprint density at radius 2 is 2.15 bits per heavy atom. The lowest BCUT2D eigenvalue weighted by molar-refractivity contribution is 0.0518. The lowest BCUT2D eigenvalue weighted by Gasteiger charge is -2.39. The zero-order valence-electron chi connectivity index (χ0n) is 15.3.